The lowest BCUT2D eigenvalue weighted by Crippen LogP contribution is -2.61. The number of likely N-dealkylation sites (tertiary alicyclic amines) is 1. The number of carbonyl (C=O) groups is 1. The molecule has 2 rings (SSSR count). The Balaban J connectivity index is 2.19. The van der Waals surface area contributed by atoms with E-state index >= 15 is 0 Å². The minimum absolute atomic E-state index is 0.245. The Kier molecular flexibility index (Phi) is 5.09. The molecule has 1 fully saturated rings. The van der Waals surface area contributed by atoms with Crippen LogP contribution in [0.4, 0.5) is 0 Å². The summed E-state index contributed by atoms with van der Waals surface area (Å²) in [5, 5.41) is 3.74. The molecule has 1 aliphatic heterocycles. The number of amides is 1. The second-order valence-electron chi connectivity index (χ2n) is 5.33. The summed E-state index contributed by atoms with van der Waals surface area (Å²) in [5.74, 6) is -0.245. The van der Waals surface area contributed by atoms with Crippen molar-refractivity contribution in [3.8, 4) is 0 Å². The molecule has 1 aromatic rings. The minimum atomic E-state index is -0.634. The molecule has 7 heteroatoms. The summed E-state index contributed by atoms with van der Waals surface area (Å²) in [4.78, 5) is 14.9. The van der Waals surface area contributed by atoms with E-state index in [0.717, 1.165) is 13.1 Å². The second kappa shape index (κ2) is 6.48. The van der Waals surface area contributed by atoms with Gasteiger partial charge in [-0.15, -0.1) is 0 Å². The number of hydrogen-bond donors (Lipinski definition) is 2. The van der Waals surface area contributed by atoms with E-state index in [1.54, 1.807) is 18.2 Å². The van der Waals surface area contributed by atoms with Crippen LogP contribution in [0.1, 0.15) is 23.2 Å². The maximum atomic E-state index is 12.4. The summed E-state index contributed by atoms with van der Waals surface area (Å²) in [5.41, 5.74) is 5.69. The molecule has 21 heavy (non-hydrogen) atoms. The van der Waals surface area contributed by atoms with Crippen LogP contribution in [-0.4, -0.2) is 41.5 Å². The number of benzene rings is 1. The third-order valence-electron chi connectivity index (χ3n) is 3.85. The van der Waals surface area contributed by atoms with E-state index in [2.05, 4.69) is 10.2 Å². The first kappa shape index (κ1) is 16.5. The molecule has 0 unspecified atom stereocenters. The largest absolute Gasteiger partial charge is 0.391 e. The molecular weight excluding hydrogens is 329 g/mol. The van der Waals surface area contributed by atoms with Crippen molar-refractivity contribution in [3.05, 3.63) is 33.8 Å². The molecule has 3 N–H and O–H groups in total. The fraction of sp³-hybridized carbons (Fsp3) is 0.429. The van der Waals surface area contributed by atoms with E-state index in [-0.39, 0.29) is 5.91 Å². The van der Waals surface area contributed by atoms with Crippen LogP contribution in [0.25, 0.3) is 0 Å². The predicted molar refractivity (Wildman–Crippen MR) is 90.2 cm³/mol. The average molecular weight is 346 g/mol. The van der Waals surface area contributed by atoms with Gasteiger partial charge < -0.3 is 16.0 Å². The van der Waals surface area contributed by atoms with E-state index in [1.165, 1.54) is 0 Å². The zero-order chi connectivity index (χ0) is 15.6. The molecule has 0 spiro atoms. The molecule has 1 aliphatic rings. The third-order valence-corrected chi connectivity index (χ3v) is 4.98. The van der Waals surface area contributed by atoms with Gasteiger partial charge in [-0.2, -0.15) is 0 Å². The number of hydrogen-bond acceptors (Lipinski definition) is 3. The van der Waals surface area contributed by atoms with Crippen LogP contribution in [0.2, 0.25) is 10.0 Å². The maximum Gasteiger partial charge on any atom is 0.252 e. The molecule has 1 saturated heterocycles. The molecule has 1 heterocycles. The second-order valence-corrected chi connectivity index (χ2v) is 6.59. The highest BCUT2D eigenvalue weighted by molar-refractivity contribution is 7.80. The summed E-state index contributed by atoms with van der Waals surface area (Å²) in [6.07, 6.45) is 1.40. The van der Waals surface area contributed by atoms with Gasteiger partial charge in [-0.05, 0) is 38.1 Å². The van der Waals surface area contributed by atoms with Gasteiger partial charge in [0.15, 0.2) is 0 Å². The number of rotatable bonds is 3. The normalized spacial score (nSPS) is 18.2. The molecule has 0 bridgehead atoms. The van der Waals surface area contributed by atoms with Crippen LogP contribution in [0.15, 0.2) is 18.2 Å². The smallest absolute Gasteiger partial charge is 0.252 e. The molecule has 1 amide bonds. The van der Waals surface area contributed by atoms with Crippen LogP contribution < -0.4 is 11.1 Å². The standard InChI is InChI=1S/C14H17Cl2N3OS/c1-19-6-4-14(5-7-19,13(17)21)18-12(20)9-2-3-10(15)11(16)8-9/h2-3,8H,4-7H2,1H3,(H2,17,21)(H,18,20). The molecule has 0 atom stereocenters. The van der Waals surface area contributed by atoms with Crippen LogP contribution in [0.5, 0.6) is 0 Å². The maximum absolute atomic E-state index is 12.4. The van der Waals surface area contributed by atoms with Gasteiger partial charge in [-0.3, -0.25) is 4.79 Å². The number of nitrogens with one attached hydrogen (secondary N) is 1. The Bertz CT molecular complexity index is 571. The van der Waals surface area contributed by atoms with Crippen LogP contribution in [0.3, 0.4) is 0 Å². The monoisotopic (exact) mass is 345 g/mol. The summed E-state index contributed by atoms with van der Waals surface area (Å²) >= 11 is 17.0. The van der Waals surface area contributed by atoms with E-state index in [4.69, 9.17) is 41.2 Å². The van der Waals surface area contributed by atoms with E-state index in [1.807, 2.05) is 7.05 Å². The number of piperidine rings is 1. The Labute approximate surface area is 139 Å². The first-order valence-corrected chi connectivity index (χ1v) is 7.76. The van der Waals surface area contributed by atoms with Gasteiger partial charge in [0.05, 0.1) is 20.6 Å². The number of nitrogens with two attached hydrogens (primary N) is 1. The van der Waals surface area contributed by atoms with Gasteiger partial charge in [0.2, 0.25) is 0 Å². The van der Waals surface area contributed by atoms with Gasteiger partial charge in [0, 0.05) is 18.7 Å². The van der Waals surface area contributed by atoms with E-state index in [9.17, 15) is 4.79 Å². The average Bonchev–Trinajstić information content (AvgIpc) is 2.44. The Morgan fingerprint density at radius 2 is 1.95 bits per heavy atom. The Morgan fingerprint density at radius 1 is 1.33 bits per heavy atom. The van der Waals surface area contributed by atoms with Gasteiger partial charge in [0.25, 0.3) is 5.91 Å². The number of carbonyl (C=O) groups excluding carboxylic acids is 1. The van der Waals surface area contributed by atoms with Gasteiger partial charge in [0.1, 0.15) is 0 Å². The topological polar surface area (TPSA) is 58.4 Å². The first-order chi connectivity index (χ1) is 9.84. The number of thiocarbonyl (C=S) groups is 1. The van der Waals surface area contributed by atoms with Gasteiger partial charge in [-0.1, -0.05) is 35.4 Å². The molecule has 1 aromatic carbocycles. The van der Waals surface area contributed by atoms with Crippen molar-refractivity contribution >= 4 is 46.3 Å². The lowest BCUT2D eigenvalue weighted by atomic mass is 9.87. The van der Waals surface area contributed by atoms with Crippen LogP contribution >= 0.6 is 35.4 Å². The first-order valence-electron chi connectivity index (χ1n) is 6.60. The summed E-state index contributed by atoms with van der Waals surface area (Å²) < 4.78 is 0. The predicted octanol–water partition coefficient (Wildman–Crippen LogP) is 2.47. The minimum Gasteiger partial charge on any atom is -0.391 e. The van der Waals surface area contributed by atoms with Gasteiger partial charge in [-0.25, -0.2) is 0 Å². The molecule has 0 aromatic heterocycles. The fourth-order valence-electron chi connectivity index (χ4n) is 2.36. The number of nitrogens with zero attached hydrogens (tertiary/aromatic N) is 1. The zero-order valence-electron chi connectivity index (χ0n) is 11.7. The van der Waals surface area contributed by atoms with Crippen molar-refractivity contribution in [3.63, 3.8) is 0 Å². The van der Waals surface area contributed by atoms with Crippen molar-refractivity contribution in [2.75, 3.05) is 20.1 Å². The van der Waals surface area contributed by atoms with Crippen molar-refractivity contribution < 1.29 is 4.79 Å². The molecule has 0 saturated carbocycles. The fourth-order valence-corrected chi connectivity index (χ4v) is 2.91. The van der Waals surface area contributed by atoms with Crippen molar-refractivity contribution in [1.82, 2.24) is 10.2 Å². The van der Waals surface area contributed by atoms with E-state index in [0.29, 0.717) is 33.4 Å². The summed E-state index contributed by atoms with van der Waals surface area (Å²) in [7, 11) is 2.03. The van der Waals surface area contributed by atoms with Gasteiger partial charge >= 0.3 is 0 Å². The zero-order valence-corrected chi connectivity index (χ0v) is 14.0. The van der Waals surface area contributed by atoms with Crippen LogP contribution in [-0.2, 0) is 0 Å². The van der Waals surface area contributed by atoms with Crippen molar-refractivity contribution in [1.29, 1.82) is 0 Å². The SMILES string of the molecule is CN1CCC(NC(=O)c2ccc(Cl)c(Cl)c2)(C(N)=S)CC1. The highest BCUT2D eigenvalue weighted by atomic mass is 35.5. The summed E-state index contributed by atoms with van der Waals surface area (Å²) in [6.45, 7) is 1.66. The molecule has 0 radical (unpaired) electrons. The molecule has 4 nitrogen and oxygen atoms in total. The quantitative estimate of drug-likeness (QED) is 0.826. The highest BCUT2D eigenvalue weighted by Gasteiger charge is 2.38. The lowest BCUT2D eigenvalue weighted by Gasteiger charge is -2.40. The van der Waals surface area contributed by atoms with Crippen molar-refractivity contribution in [2.45, 2.75) is 18.4 Å². The lowest BCUT2D eigenvalue weighted by molar-refractivity contribution is 0.0890. The molecule has 114 valence electrons. The third kappa shape index (κ3) is 3.66. The van der Waals surface area contributed by atoms with Crippen molar-refractivity contribution in [2.24, 2.45) is 5.73 Å². The summed E-state index contributed by atoms with van der Waals surface area (Å²) in [6, 6.07) is 4.77. The Hall–Kier alpha value is -0.880. The Morgan fingerprint density at radius 3 is 2.48 bits per heavy atom. The molecular formula is C14H17Cl2N3OS. The number of halogens is 2. The van der Waals surface area contributed by atoms with Crippen LogP contribution in [0, 0.1) is 0 Å². The van der Waals surface area contributed by atoms with E-state index < -0.39 is 5.54 Å². The highest BCUT2D eigenvalue weighted by Crippen LogP contribution is 2.25. The molecule has 0 aliphatic carbocycles.